The molecule has 7 nitrogen and oxygen atoms in total. The molecule has 8 heteroatoms. The molecule has 0 spiro atoms. The molecule has 0 fully saturated rings. The predicted molar refractivity (Wildman–Crippen MR) is 137 cm³/mol. The van der Waals surface area contributed by atoms with Crippen LogP contribution < -0.4 is 14.4 Å². The van der Waals surface area contributed by atoms with Crippen LogP contribution in [0.3, 0.4) is 0 Å². The molecule has 2 aromatic heterocycles. The summed E-state index contributed by atoms with van der Waals surface area (Å²) in [6, 6.07) is 17.8. The highest BCUT2D eigenvalue weighted by atomic mass is 32.1. The lowest BCUT2D eigenvalue weighted by molar-refractivity contribution is 0.0535. The van der Waals surface area contributed by atoms with E-state index in [0.717, 1.165) is 48.6 Å². The first-order valence-electron chi connectivity index (χ1n) is 11.0. The molecule has 174 valence electrons. The number of methoxy groups -OCH3 is 2. The van der Waals surface area contributed by atoms with E-state index in [0.29, 0.717) is 17.1 Å². The van der Waals surface area contributed by atoms with Crippen LogP contribution in [-0.4, -0.2) is 37.2 Å². The summed E-state index contributed by atoms with van der Waals surface area (Å²) >= 11 is 1.61. The summed E-state index contributed by atoms with van der Waals surface area (Å²) in [5, 5.41) is 2.66. The van der Waals surface area contributed by atoms with Crippen molar-refractivity contribution < 1.29 is 19.0 Å². The number of aromatic nitrogens is 2. The second-order valence-electron chi connectivity index (χ2n) is 8.22. The zero-order valence-corrected chi connectivity index (χ0v) is 20.2. The normalized spacial score (nSPS) is 12.6. The van der Waals surface area contributed by atoms with Crippen molar-refractivity contribution >= 4 is 49.2 Å². The van der Waals surface area contributed by atoms with Crippen LogP contribution in [0.4, 0.5) is 10.9 Å². The minimum atomic E-state index is -0.331. The maximum absolute atomic E-state index is 12.7. The molecular weight excluding hydrogens is 462 g/mol. The smallest absolute Gasteiger partial charge is 0.339 e. The Morgan fingerprint density at radius 3 is 2.54 bits per heavy atom. The third-order valence-electron chi connectivity index (χ3n) is 6.24. The number of rotatable bonds is 5. The van der Waals surface area contributed by atoms with Crippen molar-refractivity contribution in [1.29, 1.82) is 0 Å². The summed E-state index contributed by atoms with van der Waals surface area (Å²) in [6.07, 6.45) is 1.79. The number of esters is 1. The van der Waals surface area contributed by atoms with Gasteiger partial charge >= 0.3 is 5.97 Å². The van der Waals surface area contributed by atoms with Gasteiger partial charge in [-0.2, -0.15) is 0 Å². The fourth-order valence-corrected chi connectivity index (χ4v) is 5.42. The third-order valence-corrected chi connectivity index (χ3v) is 7.35. The SMILES string of the molecule is COc1cc2cc3c(c(-c4ccc(N(C)c5nc6ccccc6s5)nc4)c2cc1OC)C(=O)OC3. The molecule has 3 heterocycles. The number of benzene rings is 3. The van der Waals surface area contributed by atoms with Gasteiger partial charge in [-0.05, 0) is 53.2 Å². The Morgan fingerprint density at radius 1 is 1.00 bits per heavy atom. The summed E-state index contributed by atoms with van der Waals surface area (Å²) < 4.78 is 17.5. The summed E-state index contributed by atoms with van der Waals surface area (Å²) in [6.45, 7) is 0.247. The molecule has 0 N–H and O–H groups in total. The zero-order valence-electron chi connectivity index (χ0n) is 19.4. The second-order valence-corrected chi connectivity index (χ2v) is 9.23. The van der Waals surface area contributed by atoms with E-state index in [1.54, 1.807) is 31.8 Å². The van der Waals surface area contributed by atoms with Gasteiger partial charge in [-0.3, -0.25) is 0 Å². The van der Waals surface area contributed by atoms with Gasteiger partial charge in [0.1, 0.15) is 12.4 Å². The Bertz CT molecular complexity index is 1580. The predicted octanol–water partition coefficient (Wildman–Crippen LogP) is 5.97. The van der Waals surface area contributed by atoms with Crippen molar-refractivity contribution in [2.24, 2.45) is 0 Å². The van der Waals surface area contributed by atoms with Gasteiger partial charge in [0.05, 0.1) is 30.0 Å². The van der Waals surface area contributed by atoms with Crippen molar-refractivity contribution in [3.05, 3.63) is 71.9 Å². The van der Waals surface area contributed by atoms with E-state index in [1.807, 2.05) is 60.5 Å². The molecular formula is C27H21N3O4S. The Labute approximate surface area is 205 Å². The lowest BCUT2D eigenvalue weighted by atomic mass is 9.91. The standard InChI is InChI=1S/C27H21N3O4S/c1-30(27-29-19-6-4-5-7-22(19)35-27)23-9-8-15(13-28-23)24-18-12-21(33-3)20(32-2)11-16(18)10-17-14-34-26(31)25(17)24/h4-13H,14H2,1-3H3. The summed E-state index contributed by atoms with van der Waals surface area (Å²) in [5.41, 5.74) is 3.98. The fraction of sp³-hybridized carbons (Fsp3) is 0.148. The molecule has 0 radical (unpaired) electrons. The van der Waals surface area contributed by atoms with E-state index in [2.05, 4.69) is 6.07 Å². The monoisotopic (exact) mass is 483 g/mol. The maximum Gasteiger partial charge on any atom is 0.339 e. The number of fused-ring (bicyclic) bond motifs is 3. The van der Waals surface area contributed by atoms with Crippen molar-refractivity contribution in [2.45, 2.75) is 6.61 Å². The molecule has 35 heavy (non-hydrogen) atoms. The van der Waals surface area contributed by atoms with Gasteiger partial charge < -0.3 is 19.1 Å². The average molecular weight is 484 g/mol. The van der Waals surface area contributed by atoms with E-state index in [1.165, 1.54) is 0 Å². The Balaban J connectivity index is 1.47. The third kappa shape index (κ3) is 3.45. The summed E-state index contributed by atoms with van der Waals surface area (Å²) in [7, 11) is 5.15. The topological polar surface area (TPSA) is 73.8 Å². The van der Waals surface area contributed by atoms with Crippen molar-refractivity contribution in [2.75, 3.05) is 26.2 Å². The number of hydrogen-bond acceptors (Lipinski definition) is 8. The van der Waals surface area contributed by atoms with Gasteiger partial charge in [0.2, 0.25) is 0 Å². The number of para-hydroxylation sites is 1. The minimum absolute atomic E-state index is 0.247. The zero-order chi connectivity index (χ0) is 24.1. The van der Waals surface area contributed by atoms with Gasteiger partial charge in [-0.25, -0.2) is 14.8 Å². The number of carbonyl (C=O) groups excluding carboxylic acids is 1. The molecule has 5 aromatic rings. The van der Waals surface area contributed by atoms with E-state index in [9.17, 15) is 4.79 Å². The number of ether oxygens (including phenoxy) is 3. The molecule has 0 aliphatic carbocycles. The Morgan fingerprint density at radius 2 is 1.80 bits per heavy atom. The number of cyclic esters (lactones) is 1. The first-order chi connectivity index (χ1) is 17.1. The number of thiazole rings is 1. The van der Waals surface area contributed by atoms with E-state index < -0.39 is 0 Å². The van der Waals surface area contributed by atoms with Crippen LogP contribution in [0.2, 0.25) is 0 Å². The van der Waals surface area contributed by atoms with Crippen molar-refractivity contribution in [1.82, 2.24) is 9.97 Å². The van der Waals surface area contributed by atoms with Crippen LogP contribution in [0.25, 0.3) is 32.1 Å². The number of pyridine rings is 1. The first kappa shape index (κ1) is 21.4. The molecule has 6 rings (SSSR count). The molecule has 0 amide bonds. The average Bonchev–Trinajstić information content (AvgIpc) is 3.49. The van der Waals surface area contributed by atoms with Crippen molar-refractivity contribution in [3.63, 3.8) is 0 Å². The molecule has 0 saturated heterocycles. The number of hydrogen-bond donors (Lipinski definition) is 0. The largest absolute Gasteiger partial charge is 0.493 e. The van der Waals surface area contributed by atoms with Gasteiger partial charge in [0.25, 0.3) is 0 Å². The fourth-order valence-electron chi connectivity index (χ4n) is 4.48. The quantitative estimate of drug-likeness (QED) is 0.285. The van der Waals surface area contributed by atoms with Crippen LogP contribution in [0.1, 0.15) is 15.9 Å². The van der Waals surface area contributed by atoms with E-state index >= 15 is 0 Å². The van der Waals surface area contributed by atoms with Crippen LogP contribution >= 0.6 is 11.3 Å². The summed E-state index contributed by atoms with van der Waals surface area (Å²) in [4.78, 5) is 24.1. The Hall–Kier alpha value is -4.17. The molecule has 0 saturated carbocycles. The highest BCUT2D eigenvalue weighted by Gasteiger charge is 2.28. The molecule has 0 atom stereocenters. The van der Waals surface area contributed by atoms with E-state index in [4.69, 9.17) is 24.2 Å². The number of nitrogens with zero attached hydrogens (tertiary/aromatic N) is 3. The van der Waals surface area contributed by atoms with Crippen LogP contribution in [0.5, 0.6) is 11.5 Å². The molecule has 0 unspecified atom stereocenters. The minimum Gasteiger partial charge on any atom is -0.493 e. The first-order valence-corrected chi connectivity index (χ1v) is 11.8. The Kier molecular flexibility index (Phi) is 5.04. The maximum atomic E-state index is 12.7. The lowest BCUT2D eigenvalue weighted by Crippen LogP contribution is -2.10. The lowest BCUT2D eigenvalue weighted by Gasteiger charge is -2.17. The van der Waals surface area contributed by atoms with Gasteiger partial charge in [0.15, 0.2) is 16.6 Å². The van der Waals surface area contributed by atoms with Crippen LogP contribution in [0, 0.1) is 0 Å². The molecule has 1 aliphatic rings. The van der Waals surface area contributed by atoms with Gasteiger partial charge in [-0.1, -0.05) is 23.5 Å². The number of anilines is 2. The highest BCUT2D eigenvalue weighted by Crippen LogP contribution is 2.42. The van der Waals surface area contributed by atoms with E-state index in [-0.39, 0.29) is 12.6 Å². The van der Waals surface area contributed by atoms with Crippen LogP contribution in [-0.2, 0) is 11.3 Å². The van der Waals surface area contributed by atoms with Crippen molar-refractivity contribution in [3.8, 4) is 22.6 Å². The number of carbonyl (C=O) groups is 1. The molecule has 0 bridgehead atoms. The second kappa shape index (κ2) is 8.25. The molecule has 1 aliphatic heterocycles. The van der Waals surface area contributed by atoms with Crippen LogP contribution in [0.15, 0.2) is 60.8 Å². The van der Waals surface area contributed by atoms with Gasteiger partial charge in [0, 0.05) is 29.9 Å². The molecule has 3 aromatic carbocycles. The summed E-state index contributed by atoms with van der Waals surface area (Å²) in [5.74, 6) is 1.64. The highest BCUT2D eigenvalue weighted by molar-refractivity contribution is 7.22. The van der Waals surface area contributed by atoms with Gasteiger partial charge in [-0.15, -0.1) is 0 Å².